The molecule has 1 heterocycles. The number of rotatable bonds is 6. The molecule has 134 valence electrons. The number of nitrogens with one attached hydrogen (secondary N) is 1. The Hall–Kier alpha value is -2.83. The lowest BCUT2D eigenvalue weighted by Crippen LogP contribution is -2.39. The van der Waals surface area contributed by atoms with Gasteiger partial charge in [-0.15, -0.1) is 0 Å². The van der Waals surface area contributed by atoms with Crippen LogP contribution in [0.15, 0.2) is 42.5 Å². The third-order valence-corrected chi connectivity index (χ3v) is 3.37. The quantitative estimate of drug-likeness (QED) is 0.627. The van der Waals surface area contributed by atoms with Gasteiger partial charge in [-0.2, -0.15) is 0 Å². The van der Waals surface area contributed by atoms with Gasteiger partial charge < -0.3 is 14.8 Å². The van der Waals surface area contributed by atoms with Crippen molar-refractivity contribution in [3.63, 3.8) is 0 Å². The molecule has 0 aromatic heterocycles. The van der Waals surface area contributed by atoms with Gasteiger partial charge in [-0.05, 0) is 17.6 Å². The molecule has 1 aromatic rings. The zero-order valence-corrected chi connectivity index (χ0v) is 14.3. The summed E-state index contributed by atoms with van der Waals surface area (Å²) in [4.78, 5) is 36.6. The van der Waals surface area contributed by atoms with Gasteiger partial charge in [0.05, 0.1) is 6.61 Å². The topological polar surface area (TPSA) is 84.9 Å². The second kappa shape index (κ2) is 8.86. The van der Waals surface area contributed by atoms with Gasteiger partial charge in [0, 0.05) is 6.08 Å². The van der Waals surface area contributed by atoms with Crippen LogP contribution in [0.5, 0.6) is 0 Å². The summed E-state index contributed by atoms with van der Waals surface area (Å²) in [7, 11) is 0. The van der Waals surface area contributed by atoms with Crippen molar-refractivity contribution < 1.29 is 23.9 Å². The van der Waals surface area contributed by atoms with Gasteiger partial charge in [-0.3, -0.25) is 9.69 Å². The van der Waals surface area contributed by atoms with Crippen LogP contribution in [0, 0.1) is 5.92 Å². The van der Waals surface area contributed by atoms with Crippen molar-refractivity contribution in [1.29, 1.82) is 0 Å². The summed E-state index contributed by atoms with van der Waals surface area (Å²) in [5, 5.41) is 2.59. The largest absolute Gasteiger partial charge is 0.462 e. The van der Waals surface area contributed by atoms with Crippen LogP contribution in [0.3, 0.4) is 0 Å². The molecule has 7 nitrogen and oxygen atoms in total. The number of hydrogen-bond donors (Lipinski definition) is 1. The zero-order valence-electron chi connectivity index (χ0n) is 14.3. The summed E-state index contributed by atoms with van der Waals surface area (Å²) in [6.07, 6.45) is 1.25. The fraction of sp³-hybridized carbons (Fsp3) is 0.389. The molecule has 0 aliphatic carbocycles. The van der Waals surface area contributed by atoms with Crippen LogP contribution < -0.4 is 5.32 Å². The van der Waals surface area contributed by atoms with Crippen molar-refractivity contribution in [1.82, 2.24) is 10.2 Å². The van der Waals surface area contributed by atoms with E-state index in [1.165, 1.54) is 17.1 Å². The molecule has 0 saturated carbocycles. The van der Waals surface area contributed by atoms with Crippen LogP contribution in [0.4, 0.5) is 4.79 Å². The third kappa shape index (κ3) is 5.95. The maximum absolute atomic E-state index is 12.2. The Morgan fingerprint density at radius 3 is 2.68 bits per heavy atom. The van der Waals surface area contributed by atoms with Gasteiger partial charge in [0.2, 0.25) is 5.91 Å². The molecular formula is C18H22N2O5. The first-order valence-corrected chi connectivity index (χ1v) is 8.07. The number of hydrogen-bond acceptors (Lipinski definition) is 5. The molecule has 7 heteroatoms. The number of carbonyl (C=O) groups is 3. The van der Waals surface area contributed by atoms with Crippen molar-refractivity contribution in [2.24, 2.45) is 5.92 Å². The minimum Gasteiger partial charge on any atom is -0.462 e. The number of benzene rings is 1. The highest BCUT2D eigenvalue weighted by Crippen LogP contribution is 2.10. The lowest BCUT2D eigenvalue weighted by molar-refractivity contribution is -0.138. The predicted molar refractivity (Wildman–Crippen MR) is 90.2 cm³/mol. The molecule has 2 amide bonds. The second-order valence-corrected chi connectivity index (χ2v) is 6.06. The number of nitrogens with zero attached hydrogens (tertiary/aromatic N) is 1. The molecule has 25 heavy (non-hydrogen) atoms. The normalized spacial score (nSPS) is 17.0. The number of ether oxygens (including phenoxy) is 2. The molecule has 1 N–H and O–H groups in total. The maximum atomic E-state index is 12.2. The van der Waals surface area contributed by atoms with Crippen molar-refractivity contribution in [3.05, 3.63) is 48.0 Å². The first-order valence-electron chi connectivity index (χ1n) is 8.07. The van der Waals surface area contributed by atoms with Crippen LogP contribution in [0.1, 0.15) is 19.4 Å². The van der Waals surface area contributed by atoms with Crippen molar-refractivity contribution in [2.45, 2.75) is 26.6 Å². The molecule has 0 spiro atoms. The van der Waals surface area contributed by atoms with E-state index in [1.807, 2.05) is 44.2 Å². The first-order chi connectivity index (χ1) is 12.0. The van der Waals surface area contributed by atoms with Crippen molar-refractivity contribution in [2.75, 3.05) is 13.2 Å². The predicted octanol–water partition coefficient (Wildman–Crippen LogP) is 1.84. The second-order valence-electron chi connectivity index (χ2n) is 6.06. The van der Waals surface area contributed by atoms with E-state index in [9.17, 15) is 14.4 Å². The fourth-order valence-corrected chi connectivity index (χ4v) is 2.14. The molecule has 1 aliphatic heterocycles. The average Bonchev–Trinajstić information content (AvgIpc) is 2.97. The molecule has 1 aliphatic rings. The first kappa shape index (κ1) is 18.5. The van der Waals surface area contributed by atoms with Gasteiger partial charge in [0.25, 0.3) is 0 Å². The minimum absolute atomic E-state index is 0.108. The summed E-state index contributed by atoms with van der Waals surface area (Å²) >= 11 is 0. The summed E-state index contributed by atoms with van der Waals surface area (Å²) in [6, 6.07) is 9.23. The summed E-state index contributed by atoms with van der Waals surface area (Å²) in [5.41, 5.74) is 0.846. The van der Waals surface area contributed by atoms with E-state index in [2.05, 4.69) is 5.32 Å². The summed E-state index contributed by atoms with van der Waals surface area (Å²) in [5.74, 6) is -0.609. The van der Waals surface area contributed by atoms with Crippen LogP contribution in [0.25, 0.3) is 0 Å². The van der Waals surface area contributed by atoms with Crippen LogP contribution >= 0.6 is 0 Å². The van der Waals surface area contributed by atoms with E-state index in [0.717, 1.165) is 5.56 Å². The highest BCUT2D eigenvalue weighted by molar-refractivity contribution is 5.87. The molecule has 1 unspecified atom stereocenters. The Labute approximate surface area is 146 Å². The van der Waals surface area contributed by atoms with E-state index in [0.29, 0.717) is 6.61 Å². The van der Waals surface area contributed by atoms with Crippen molar-refractivity contribution >= 4 is 18.0 Å². The van der Waals surface area contributed by atoms with E-state index in [1.54, 1.807) is 0 Å². The van der Waals surface area contributed by atoms with Crippen molar-refractivity contribution in [3.8, 4) is 0 Å². The molecule has 0 bridgehead atoms. The molecule has 1 fully saturated rings. The number of carbonyl (C=O) groups excluding carboxylic acids is 3. The standard InChI is InChI=1S/C18H22N2O5/c1-13(2)11-24-17(22)9-8-15-19-16(21)10-20(15)18(23)25-12-14-6-4-3-5-7-14/h3-9,13,15H,10-12H2,1-2H3,(H,19,21)/b9-8+. The zero-order chi connectivity index (χ0) is 18.2. The highest BCUT2D eigenvalue weighted by Gasteiger charge is 2.33. The molecule has 2 rings (SSSR count). The molecular weight excluding hydrogens is 324 g/mol. The van der Waals surface area contributed by atoms with Crippen LogP contribution in [-0.4, -0.2) is 42.2 Å². The highest BCUT2D eigenvalue weighted by atomic mass is 16.6. The SMILES string of the molecule is CC(C)COC(=O)/C=C/C1NC(=O)CN1C(=O)OCc1ccccc1. The third-order valence-electron chi connectivity index (χ3n) is 3.37. The summed E-state index contributed by atoms with van der Waals surface area (Å²) < 4.78 is 10.2. The monoisotopic (exact) mass is 346 g/mol. The molecule has 1 aromatic carbocycles. The van der Waals surface area contributed by atoms with Gasteiger partial charge >= 0.3 is 12.1 Å². The minimum atomic E-state index is -0.734. The Balaban J connectivity index is 1.90. The smallest absolute Gasteiger partial charge is 0.412 e. The van der Waals surface area contributed by atoms with Gasteiger partial charge in [-0.1, -0.05) is 44.2 Å². The Morgan fingerprint density at radius 1 is 1.28 bits per heavy atom. The maximum Gasteiger partial charge on any atom is 0.412 e. The van der Waals surface area contributed by atoms with E-state index in [-0.39, 0.29) is 25.0 Å². The Morgan fingerprint density at radius 2 is 2.00 bits per heavy atom. The fourth-order valence-electron chi connectivity index (χ4n) is 2.14. The van der Waals surface area contributed by atoms with E-state index >= 15 is 0 Å². The van der Waals surface area contributed by atoms with Gasteiger partial charge in [0.15, 0.2) is 0 Å². The van der Waals surface area contributed by atoms with E-state index in [4.69, 9.17) is 9.47 Å². The molecule has 1 saturated heterocycles. The average molecular weight is 346 g/mol. The molecule has 0 radical (unpaired) electrons. The van der Waals surface area contributed by atoms with E-state index < -0.39 is 18.2 Å². The van der Waals surface area contributed by atoms with Gasteiger partial charge in [-0.25, -0.2) is 9.59 Å². The number of esters is 1. The lowest BCUT2D eigenvalue weighted by Gasteiger charge is -2.20. The number of amides is 2. The molecule has 1 atom stereocenters. The Kier molecular flexibility index (Phi) is 6.56. The Bertz CT molecular complexity index is 642. The van der Waals surface area contributed by atoms with Gasteiger partial charge in [0.1, 0.15) is 19.3 Å². The van der Waals surface area contributed by atoms with Crippen LogP contribution in [-0.2, 0) is 25.7 Å². The van der Waals surface area contributed by atoms with Crippen LogP contribution in [0.2, 0.25) is 0 Å². The summed E-state index contributed by atoms with van der Waals surface area (Å²) in [6.45, 7) is 4.15. The lowest BCUT2D eigenvalue weighted by atomic mass is 10.2.